The molecule has 3 nitrogen and oxygen atoms in total. The van der Waals surface area contributed by atoms with Gasteiger partial charge in [0.05, 0.1) is 9.95 Å². The van der Waals surface area contributed by atoms with Gasteiger partial charge in [0.15, 0.2) is 0 Å². The first-order valence-electron chi connectivity index (χ1n) is 4.83. The maximum atomic E-state index is 10.5. The number of hydrogen-bond donors (Lipinski definition) is 0. The zero-order valence-electron chi connectivity index (χ0n) is 8.67. The monoisotopic (exact) mass is 265 g/mol. The first kappa shape index (κ1) is 12.0. The van der Waals surface area contributed by atoms with Gasteiger partial charge in [0.25, 0.3) is 5.69 Å². The fourth-order valence-corrected chi connectivity index (χ4v) is 2.38. The van der Waals surface area contributed by atoms with Crippen LogP contribution in [0.15, 0.2) is 58.3 Å². The van der Waals surface area contributed by atoms with Crippen LogP contribution in [0.25, 0.3) is 0 Å². The van der Waals surface area contributed by atoms with Gasteiger partial charge in [-0.15, -0.1) is 0 Å². The summed E-state index contributed by atoms with van der Waals surface area (Å²) in [4.78, 5) is 11.9. The minimum atomic E-state index is -0.413. The molecule has 0 amide bonds. The minimum Gasteiger partial charge on any atom is -0.258 e. The van der Waals surface area contributed by atoms with E-state index in [2.05, 4.69) is 0 Å². The van der Waals surface area contributed by atoms with Gasteiger partial charge in [-0.25, -0.2) is 0 Å². The Morgan fingerprint density at radius 3 is 2.29 bits per heavy atom. The molecule has 0 saturated heterocycles. The molecule has 0 unspecified atom stereocenters. The molecule has 0 bridgehead atoms. The lowest BCUT2D eigenvalue weighted by Gasteiger charge is -2.03. The van der Waals surface area contributed by atoms with Crippen LogP contribution in [0.1, 0.15) is 0 Å². The van der Waals surface area contributed by atoms with Crippen LogP contribution in [-0.4, -0.2) is 4.92 Å². The van der Waals surface area contributed by atoms with Gasteiger partial charge < -0.3 is 0 Å². The van der Waals surface area contributed by atoms with E-state index < -0.39 is 4.92 Å². The van der Waals surface area contributed by atoms with Crippen LogP contribution >= 0.6 is 23.4 Å². The lowest BCUT2D eigenvalue weighted by molar-refractivity contribution is -0.384. The van der Waals surface area contributed by atoms with Gasteiger partial charge in [0.1, 0.15) is 0 Å². The highest BCUT2D eigenvalue weighted by Gasteiger charge is 2.06. The lowest BCUT2D eigenvalue weighted by atomic mass is 10.3. The van der Waals surface area contributed by atoms with Crippen molar-refractivity contribution < 1.29 is 4.92 Å². The molecule has 2 rings (SSSR count). The van der Waals surface area contributed by atoms with Crippen LogP contribution in [0.4, 0.5) is 5.69 Å². The van der Waals surface area contributed by atoms with E-state index in [1.54, 1.807) is 12.1 Å². The summed E-state index contributed by atoms with van der Waals surface area (Å²) in [5, 5.41) is 11.2. The SMILES string of the molecule is O=[N+]([O-])c1ccc(Sc2ccccc2Cl)cc1. The molecule has 0 N–H and O–H groups in total. The van der Waals surface area contributed by atoms with E-state index in [9.17, 15) is 10.1 Å². The van der Waals surface area contributed by atoms with Crippen molar-refractivity contribution >= 4 is 29.1 Å². The van der Waals surface area contributed by atoms with Crippen LogP contribution < -0.4 is 0 Å². The van der Waals surface area contributed by atoms with Crippen LogP contribution in [0.3, 0.4) is 0 Å². The Balaban J connectivity index is 2.20. The topological polar surface area (TPSA) is 43.1 Å². The average Bonchev–Trinajstić information content (AvgIpc) is 2.33. The van der Waals surface area contributed by atoms with E-state index in [1.165, 1.54) is 23.9 Å². The number of nitro groups is 1. The molecule has 17 heavy (non-hydrogen) atoms. The fraction of sp³-hybridized carbons (Fsp3) is 0. The first-order chi connectivity index (χ1) is 8.16. The molecule has 0 radical (unpaired) electrons. The van der Waals surface area contributed by atoms with Gasteiger partial charge in [0, 0.05) is 21.9 Å². The zero-order chi connectivity index (χ0) is 12.3. The van der Waals surface area contributed by atoms with Crippen molar-refractivity contribution in [1.82, 2.24) is 0 Å². The van der Waals surface area contributed by atoms with Crippen LogP contribution in [0, 0.1) is 10.1 Å². The molecule has 5 heteroatoms. The highest BCUT2D eigenvalue weighted by molar-refractivity contribution is 7.99. The molecule has 0 heterocycles. The minimum absolute atomic E-state index is 0.0912. The van der Waals surface area contributed by atoms with Gasteiger partial charge in [-0.2, -0.15) is 0 Å². The summed E-state index contributed by atoms with van der Waals surface area (Å²) in [6.45, 7) is 0. The lowest BCUT2D eigenvalue weighted by Crippen LogP contribution is -1.86. The fourth-order valence-electron chi connectivity index (χ4n) is 1.29. The number of non-ortho nitro benzene ring substituents is 1. The van der Waals surface area contributed by atoms with Crippen molar-refractivity contribution in [3.05, 3.63) is 63.7 Å². The van der Waals surface area contributed by atoms with Crippen molar-refractivity contribution in [1.29, 1.82) is 0 Å². The molecule has 0 atom stereocenters. The maximum Gasteiger partial charge on any atom is 0.269 e. The highest BCUT2D eigenvalue weighted by atomic mass is 35.5. The summed E-state index contributed by atoms with van der Waals surface area (Å²) < 4.78 is 0. The quantitative estimate of drug-likeness (QED) is 0.610. The van der Waals surface area contributed by atoms with Gasteiger partial charge in [-0.1, -0.05) is 35.5 Å². The number of hydrogen-bond acceptors (Lipinski definition) is 3. The van der Waals surface area contributed by atoms with Crippen LogP contribution in [-0.2, 0) is 0 Å². The third-order valence-corrected chi connectivity index (χ3v) is 3.64. The Kier molecular flexibility index (Phi) is 3.66. The molecule has 0 fully saturated rings. The standard InChI is InChI=1S/C12H8ClNO2S/c13-11-3-1-2-4-12(11)17-10-7-5-9(6-8-10)14(15)16/h1-8H. The Bertz CT molecular complexity index is 542. The Morgan fingerprint density at radius 2 is 1.71 bits per heavy atom. The summed E-state index contributed by atoms with van der Waals surface area (Å²) in [5.74, 6) is 0. The highest BCUT2D eigenvalue weighted by Crippen LogP contribution is 2.33. The van der Waals surface area contributed by atoms with Crippen molar-refractivity contribution in [2.24, 2.45) is 0 Å². The summed E-state index contributed by atoms with van der Waals surface area (Å²) in [5.41, 5.74) is 0.0912. The van der Waals surface area contributed by atoms with Crippen molar-refractivity contribution in [2.45, 2.75) is 9.79 Å². The predicted molar refractivity (Wildman–Crippen MR) is 68.7 cm³/mol. The van der Waals surface area contributed by atoms with Gasteiger partial charge in [0.2, 0.25) is 0 Å². The average molecular weight is 266 g/mol. The Hall–Kier alpha value is -1.52. The smallest absolute Gasteiger partial charge is 0.258 e. The second kappa shape index (κ2) is 5.21. The molecule has 0 aromatic heterocycles. The van der Waals surface area contributed by atoms with Crippen LogP contribution in [0.5, 0.6) is 0 Å². The van der Waals surface area contributed by atoms with Gasteiger partial charge in [-0.05, 0) is 24.3 Å². The molecule has 2 aromatic carbocycles. The molecule has 86 valence electrons. The van der Waals surface area contributed by atoms with Crippen molar-refractivity contribution in [3.8, 4) is 0 Å². The zero-order valence-corrected chi connectivity index (χ0v) is 10.2. The second-order valence-electron chi connectivity index (χ2n) is 3.28. The van der Waals surface area contributed by atoms with E-state index in [4.69, 9.17) is 11.6 Å². The van der Waals surface area contributed by atoms with Crippen molar-refractivity contribution in [2.75, 3.05) is 0 Å². The normalized spacial score (nSPS) is 10.2. The summed E-state index contributed by atoms with van der Waals surface area (Å²) in [6.07, 6.45) is 0. The molecule has 0 saturated carbocycles. The largest absolute Gasteiger partial charge is 0.269 e. The predicted octanol–water partition coefficient (Wildman–Crippen LogP) is 4.40. The molecule has 0 spiro atoms. The number of nitro benzene ring substituents is 1. The molecular weight excluding hydrogens is 258 g/mol. The van der Waals surface area contributed by atoms with Crippen molar-refractivity contribution in [3.63, 3.8) is 0 Å². The molecule has 2 aromatic rings. The summed E-state index contributed by atoms with van der Waals surface area (Å²) in [7, 11) is 0. The number of benzene rings is 2. The van der Waals surface area contributed by atoms with E-state index in [1.807, 2.05) is 24.3 Å². The molecule has 0 aliphatic heterocycles. The first-order valence-corrected chi connectivity index (χ1v) is 6.03. The third-order valence-electron chi connectivity index (χ3n) is 2.11. The molecule has 0 aliphatic rings. The third kappa shape index (κ3) is 2.99. The van der Waals surface area contributed by atoms with E-state index >= 15 is 0 Å². The van der Waals surface area contributed by atoms with Gasteiger partial charge in [-0.3, -0.25) is 10.1 Å². The Morgan fingerprint density at radius 1 is 1.06 bits per heavy atom. The van der Waals surface area contributed by atoms with E-state index in [0.29, 0.717) is 5.02 Å². The van der Waals surface area contributed by atoms with E-state index in [0.717, 1.165) is 9.79 Å². The second-order valence-corrected chi connectivity index (χ2v) is 4.81. The number of halogens is 1. The van der Waals surface area contributed by atoms with E-state index in [-0.39, 0.29) is 5.69 Å². The summed E-state index contributed by atoms with van der Waals surface area (Å²) in [6, 6.07) is 13.9. The maximum absolute atomic E-state index is 10.5. The molecular formula is C12H8ClNO2S. The molecule has 0 aliphatic carbocycles. The number of nitrogens with zero attached hydrogens (tertiary/aromatic N) is 1. The summed E-state index contributed by atoms with van der Waals surface area (Å²) >= 11 is 7.51. The van der Waals surface area contributed by atoms with Gasteiger partial charge >= 0.3 is 0 Å². The van der Waals surface area contributed by atoms with Crippen LogP contribution in [0.2, 0.25) is 5.02 Å². The Labute approximate surface area is 108 Å². The number of rotatable bonds is 3.